The van der Waals surface area contributed by atoms with E-state index in [1.165, 1.54) is 32.1 Å². The molecular weight excluding hydrogens is 275 g/mol. The molecule has 0 radical (unpaired) electrons. The summed E-state index contributed by atoms with van der Waals surface area (Å²) in [5.74, 6) is -0.651. The van der Waals surface area contributed by atoms with Crippen molar-refractivity contribution in [3.8, 4) is 0 Å². The van der Waals surface area contributed by atoms with E-state index in [0.717, 1.165) is 51.1 Å². The van der Waals surface area contributed by atoms with Crippen LogP contribution >= 0.6 is 0 Å². The van der Waals surface area contributed by atoms with Crippen molar-refractivity contribution in [1.29, 1.82) is 0 Å². The molecule has 1 atom stereocenters. The normalized spacial score (nSPS) is 25.0. The summed E-state index contributed by atoms with van der Waals surface area (Å²) in [5.41, 5.74) is 5.36. The van der Waals surface area contributed by atoms with Gasteiger partial charge in [-0.15, -0.1) is 0 Å². The Bertz CT molecular complexity index is 353. The van der Waals surface area contributed by atoms with Gasteiger partial charge < -0.3 is 15.7 Å². The molecule has 4 nitrogen and oxygen atoms in total. The Balaban J connectivity index is 1.88. The van der Waals surface area contributed by atoms with Crippen LogP contribution in [0, 0.1) is 5.92 Å². The first kappa shape index (κ1) is 17.8. The van der Waals surface area contributed by atoms with Crippen molar-refractivity contribution < 1.29 is 9.90 Å². The highest BCUT2D eigenvalue weighted by atomic mass is 16.4. The smallest absolute Gasteiger partial charge is 0.323 e. The van der Waals surface area contributed by atoms with Crippen LogP contribution in [0.2, 0.25) is 6.32 Å². The van der Waals surface area contributed by atoms with Crippen LogP contribution in [0.1, 0.15) is 64.2 Å². The molecule has 0 aromatic heterocycles. The number of carboxylic acids is 1. The molecule has 1 saturated heterocycles. The number of piperidine rings is 1. The minimum atomic E-state index is -1.01. The lowest BCUT2D eigenvalue weighted by Gasteiger charge is -2.43. The lowest BCUT2D eigenvalue weighted by Crippen LogP contribution is -2.57. The van der Waals surface area contributed by atoms with Crippen molar-refractivity contribution in [1.82, 2.24) is 4.90 Å². The molecule has 2 rings (SSSR count). The maximum Gasteiger partial charge on any atom is 0.323 e. The van der Waals surface area contributed by atoms with E-state index in [2.05, 4.69) is 12.7 Å². The second-order valence-electron chi connectivity index (χ2n) is 7.40. The minimum Gasteiger partial charge on any atom is -0.480 e. The van der Waals surface area contributed by atoms with Gasteiger partial charge in [-0.1, -0.05) is 38.4 Å². The summed E-state index contributed by atoms with van der Waals surface area (Å²) < 4.78 is 0. The number of hydrogen-bond acceptors (Lipinski definition) is 3. The quantitative estimate of drug-likeness (QED) is 0.558. The van der Waals surface area contributed by atoms with Gasteiger partial charge in [0.15, 0.2) is 0 Å². The number of likely N-dealkylation sites (tertiary alicyclic amines) is 1. The van der Waals surface area contributed by atoms with Crippen LogP contribution in [0.15, 0.2) is 0 Å². The molecule has 126 valence electrons. The summed E-state index contributed by atoms with van der Waals surface area (Å²) in [7, 11) is 2.14. The van der Waals surface area contributed by atoms with Gasteiger partial charge in [0, 0.05) is 6.04 Å². The predicted octanol–water partition coefficient (Wildman–Crippen LogP) is 2.03. The number of rotatable bonds is 7. The number of carbonyl (C=O) groups is 1. The van der Waals surface area contributed by atoms with Crippen LogP contribution in [0.5, 0.6) is 0 Å². The Morgan fingerprint density at radius 2 is 1.77 bits per heavy atom. The number of nitrogens with two attached hydrogens (primary N) is 1. The number of unbranched alkanes of at least 4 members (excludes halogenated alkanes) is 1. The van der Waals surface area contributed by atoms with Crippen LogP contribution in [0.3, 0.4) is 0 Å². The topological polar surface area (TPSA) is 66.6 Å². The van der Waals surface area contributed by atoms with Crippen molar-refractivity contribution in [3.05, 3.63) is 0 Å². The van der Waals surface area contributed by atoms with Gasteiger partial charge in [-0.2, -0.15) is 0 Å². The van der Waals surface area contributed by atoms with E-state index < -0.39 is 11.5 Å². The summed E-state index contributed by atoms with van der Waals surface area (Å²) in [6.45, 7) is 2.07. The monoisotopic (exact) mass is 308 g/mol. The largest absolute Gasteiger partial charge is 0.480 e. The van der Waals surface area contributed by atoms with Gasteiger partial charge in [0.25, 0.3) is 0 Å². The van der Waals surface area contributed by atoms with Gasteiger partial charge >= 0.3 is 5.97 Å². The third-order valence-electron chi connectivity index (χ3n) is 5.94. The van der Waals surface area contributed by atoms with Crippen molar-refractivity contribution in [2.24, 2.45) is 11.7 Å². The first-order valence-electron chi connectivity index (χ1n) is 9.34. The Kier molecular flexibility index (Phi) is 6.75. The number of hydrogen-bond donors (Lipinski definition) is 2. The fraction of sp³-hybridized carbons (Fsp3) is 0.941. The third kappa shape index (κ3) is 4.26. The molecule has 1 aliphatic carbocycles. The fourth-order valence-electron chi connectivity index (χ4n) is 4.38. The number of carboxylic acid groups (broad SMARTS) is 1. The van der Waals surface area contributed by atoms with E-state index in [9.17, 15) is 9.90 Å². The maximum atomic E-state index is 11.8. The zero-order valence-corrected chi connectivity index (χ0v) is 14.2. The molecule has 3 N–H and O–H groups in total. The van der Waals surface area contributed by atoms with Gasteiger partial charge in [0.1, 0.15) is 13.4 Å². The molecule has 1 saturated carbocycles. The van der Waals surface area contributed by atoms with Crippen molar-refractivity contribution in [2.45, 2.75) is 82.1 Å². The van der Waals surface area contributed by atoms with E-state index in [4.69, 9.17) is 5.73 Å². The standard InChI is InChI=1S/C17H33BN2O2/c18-11-5-4-10-17(19,16(21)22)14-8-12-20(13-9-14)15-6-2-1-3-7-15/h14-15H,1-13,18-19H2,(H,21,22)/t17-/m1/s1. The molecule has 0 aromatic rings. The molecule has 2 aliphatic rings. The van der Waals surface area contributed by atoms with Crippen LogP contribution in [0.4, 0.5) is 0 Å². The van der Waals surface area contributed by atoms with Gasteiger partial charge in [-0.05, 0) is 51.1 Å². The zero-order valence-electron chi connectivity index (χ0n) is 14.2. The van der Waals surface area contributed by atoms with Crippen LogP contribution in [-0.4, -0.2) is 48.5 Å². The molecule has 0 spiro atoms. The first-order valence-corrected chi connectivity index (χ1v) is 9.34. The Morgan fingerprint density at radius 1 is 1.14 bits per heavy atom. The van der Waals surface area contributed by atoms with Crippen LogP contribution in [-0.2, 0) is 4.79 Å². The molecule has 0 aromatic carbocycles. The average Bonchev–Trinajstić information content (AvgIpc) is 2.56. The Morgan fingerprint density at radius 3 is 2.32 bits per heavy atom. The highest BCUT2D eigenvalue weighted by Gasteiger charge is 2.43. The highest BCUT2D eigenvalue weighted by Crippen LogP contribution is 2.33. The fourth-order valence-corrected chi connectivity index (χ4v) is 4.38. The molecular formula is C17H33BN2O2. The maximum absolute atomic E-state index is 11.8. The Hall–Kier alpha value is -0.545. The molecule has 0 unspecified atom stereocenters. The third-order valence-corrected chi connectivity index (χ3v) is 5.94. The van der Waals surface area contributed by atoms with Crippen LogP contribution < -0.4 is 5.73 Å². The second-order valence-corrected chi connectivity index (χ2v) is 7.40. The zero-order chi connectivity index (χ0) is 16.0. The van der Waals surface area contributed by atoms with E-state index in [1.54, 1.807) is 0 Å². The first-order chi connectivity index (χ1) is 10.6. The lowest BCUT2D eigenvalue weighted by molar-refractivity contribution is -0.147. The molecule has 5 heteroatoms. The average molecular weight is 308 g/mol. The number of aliphatic carboxylic acids is 1. The molecule has 0 amide bonds. The molecule has 2 fully saturated rings. The Labute approximate surface area is 136 Å². The highest BCUT2D eigenvalue weighted by molar-refractivity contribution is 6.08. The summed E-state index contributed by atoms with van der Waals surface area (Å²) >= 11 is 0. The van der Waals surface area contributed by atoms with Gasteiger partial charge in [0.2, 0.25) is 0 Å². The van der Waals surface area contributed by atoms with Crippen molar-refractivity contribution >= 4 is 13.8 Å². The summed E-state index contributed by atoms with van der Waals surface area (Å²) in [5, 5.41) is 9.66. The molecule has 22 heavy (non-hydrogen) atoms. The van der Waals surface area contributed by atoms with Crippen molar-refractivity contribution in [3.63, 3.8) is 0 Å². The van der Waals surface area contributed by atoms with Gasteiger partial charge in [-0.25, -0.2) is 0 Å². The summed E-state index contributed by atoms with van der Waals surface area (Å²) in [6.07, 6.45) is 12.4. The molecule has 1 aliphatic heterocycles. The molecule has 0 bridgehead atoms. The molecule has 1 heterocycles. The minimum absolute atomic E-state index is 0.140. The van der Waals surface area contributed by atoms with E-state index in [0.29, 0.717) is 6.42 Å². The summed E-state index contributed by atoms with van der Waals surface area (Å²) in [6, 6.07) is 0.742. The van der Waals surface area contributed by atoms with E-state index >= 15 is 0 Å². The number of nitrogens with zero attached hydrogens (tertiary/aromatic N) is 1. The van der Waals surface area contributed by atoms with Crippen LogP contribution in [0.25, 0.3) is 0 Å². The van der Waals surface area contributed by atoms with E-state index in [1.807, 2.05) is 0 Å². The predicted molar refractivity (Wildman–Crippen MR) is 92.9 cm³/mol. The van der Waals surface area contributed by atoms with Gasteiger partial charge in [-0.3, -0.25) is 4.79 Å². The second kappa shape index (κ2) is 8.35. The van der Waals surface area contributed by atoms with Crippen molar-refractivity contribution in [2.75, 3.05) is 13.1 Å². The summed E-state index contributed by atoms with van der Waals surface area (Å²) in [4.78, 5) is 14.4. The van der Waals surface area contributed by atoms with E-state index in [-0.39, 0.29) is 5.92 Å². The SMILES string of the molecule is BCCCC[C@](N)(C(=O)O)C1CCN(C2CCCCC2)CC1. The van der Waals surface area contributed by atoms with Gasteiger partial charge in [0.05, 0.1) is 0 Å². The lowest BCUT2D eigenvalue weighted by atomic mass is 9.74.